The van der Waals surface area contributed by atoms with Gasteiger partial charge in [0.15, 0.2) is 11.6 Å². The van der Waals surface area contributed by atoms with Gasteiger partial charge >= 0.3 is 5.97 Å². The van der Waals surface area contributed by atoms with Crippen LogP contribution in [0.3, 0.4) is 0 Å². The number of esters is 1. The first-order valence-electron chi connectivity index (χ1n) is 8.45. The Balaban J connectivity index is 2.34. The fraction of sp³-hybridized carbons (Fsp3) is 0.250. The van der Waals surface area contributed by atoms with E-state index in [1.165, 1.54) is 6.07 Å². The molecule has 0 unspecified atom stereocenters. The SMILES string of the molecule is CCOC(=O)CCCc1ccccc1Nc1c(Cl)c(F)c(C#N)c(F)c1C#N. The lowest BCUT2D eigenvalue weighted by Crippen LogP contribution is -2.06. The highest BCUT2D eigenvalue weighted by molar-refractivity contribution is 6.34. The molecule has 0 aliphatic rings. The molecule has 2 rings (SSSR count). The molecule has 1 N–H and O–H groups in total. The third-order valence-corrected chi connectivity index (χ3v) is 4.31. The number of anilines is 2. The summed E-state index contributed by atoms with van der Waals surface area (Å²) in [5, 5.41) is 20.4. The number of benzene rings is 2. The average molecular weight is 404 g/mol. The van der Waals surface area contributed by atoms with E-state index in [2.05, 4.69) is 5.32 Å². The van der Waals surface area contributed by atoms with Crippen molar-refractivity contribution in [2.75, 3.05) is 11.9 Å². The Morgan fingerprint density at radius 2 is 1.86 bits per heavy atom. The van der Waals surface area contributed by atoms with Crippen LogP contribution in [-0.4, -0.2) is 12.6 Å². The molecule has 0 amide bonds. The van der Waals surface area contributed by atoms with Gasteiger partial charge in [0, 0.05) is 12.1 Å². The van der Waals surface area contributed by atoms with Gasteiger partial charge in [-0.1, -0.05) is 29.8 Å². The van der Waals surface area contributed by atoms with Crippen LogP contribution in [0.2, 0.25) is 5.02 Å². The molecule has 0 atom stereocenters. The van der Waals surface area contributed by atoms with Crippen LogP contribution in [0.4, 0.5) is 20.2 Å². The molecule has 0 heterocycles. The van der Waals surface area contributed by atoms with E-state index in [4.69, 9.17) is 21.6 Å². The second-order valence-electron chi connectivity index (χ2n) is 5.73. The first-order valence-corrected chi connectivity index (χ1v) is 8.83. The number of nitrogens with one attached hydrogen (secondary N) is 1. The maximum absolute atomic E-state index is 14.3. The summed E-state index contributed by atoms with van der Waals surface area (Å²) < 4.78 is 33.4. The second kappa shape index (κ2) is 9.68. The minimum Gasteiger partial charge on any atom is -0.466 e. The smallest absolute Gasteiger partial charge is 0.305 e. The van der Waals surface area contributed by atoms with Crippen molar-refractivity contribution in [2.45, 2.75) is 26.2 Å². The predicted octanol–water partition coefficient (Wildman–Crippen LogP) is 4.99. The first-order chi connectivity index (χ1) is 13.4. The molecule has 2 aromatic rings. The zero-order chi connectivity index (χ0) is 20.7. The van der Waals surface area contributed by atoms with Gasteiger partial charge in [-0.3, -0.25) is 4.79 Å². The van der Waals surface area contributed by atoms with Crippen LogP contribution >= 0.6 is 11.6 Å². The lowest BCUT2D eigenvalue weighted by atomic mass is 10.0. The molecule has 0 bridgehead atoms. The fourth-order valence-corrected chi connectivity index (χ4v) is 2.87. The number of hydrogen-bond donors (Lipinski definition) is 1. The lowest BCUT2D eigenvalue weighted by molar-refractivity contribution is -0.143. The topological polar surface area (TPSA) is 85.9 Å². The van der Waals surface area contributed by atoms with Gasteiger partial charge in [0.1, 0.15) is 28.3 Å². The molecule has 0 spiro atoms. The molecule has 0 aromatic heterocycles. The molecular weight excluding hydrogens is 388 g/mol. The van der Waals surface area contributed by atoms with Gasteiger partial charge in [0.05, 0.1) is 12.3 Å². The van der Waals surface area contributed by atoms with Crippen molar-refractivity contribution in [1.82, 2.24) is 0 Å². The molecule has 8 heteroatoms. The van der Waals surface area contributed by atoms with E-state index in [9.17, 15) is 18.8 Å². The van der Waals surface area contributed by atoms with Gasteiger partial charge in [-0.25, -0.2) is 8.78 Å². The molecule has 0 aliphatic heterocycles. The third-order valence-electron chi connectivity index (χ3n) is 3.95. The number of ether oxygens (including phenoxy) is 1. The predicted molar refractivity (Wildman–Crippen MR) is 100 cm³/mol. The highest BCUT2D eigenvalue weighted by Crippen LogP contribution is 2.36. The summed E-state index contributed by atoms with van der Waals surface area (Å²) in [6.45, 7) is 2.03. The maximum Gasteiger partial charge on any atom is 0.305 e. The van der Waals surface area contributed by atoms with Crippen LogP contribution in [-0.2, 0) is 16.0 Å². The molecule has 144 valence electrons. The summed E-state index contributed by atoms with van der Waals surface area (Å²) in [7, 11) is 0. The van der Waals surface area contributed by atoms with E-state index in [0.29, 0.717) is 25.1 Å². The largest absolute Gasteiger partial charge is 0.466 e. The highest BCUT2D eigenvalue weighted by atomic mass is 35.5. The Kier molecular flexibility index (Phi) is 7.31. The van der Waals surface area contributed by atoms with Crippen LogP contribution in [0.15, 0.2) is 24.3 Å². The van der Waals surface area contributed by atoms with Crippen LogP contribution in [0.5, 0.6) is 0 Å². The van der Waals surface area contributed by atoms with Crippen molar-refractivity contribution < 1.29 is 18.3 Å². The number of nitriles is 2. The van der Waals surface area contributed by atoms with Gasteiger partial charge in [0.2, 0.25) is 0 Å². The molecule has 0 fully saturated rings. The molecule has 0 radical (unpaired) electrons. The Morgan fingerprint density at radius 1 is 1.18 bits per heavy atom. The third kappa shape index (κ3) is 4.57. The van der Waals surface area contributed by atoms with E-state index >= 15 is 0 Å². The van der Waals surface area contributed by atoms with Gasteiger partial charge in [-0.2, -0.15) is 10.5 Å². The van der Waals surface area contributed by atoms with Crippen LogP contribution in [0.25, 0.3) is 0 Å². The number of aryl methyl sites for hydroxylation is 1. The molecule has 0 aliphatic carbocycles. The maximum atomic E-state index is 14.3. The molecule has 0 saturated heterocycles. The zero-order valence-electron chi connectivity index (χ0n) is 15.0. The number of para-hydroxylation sites is 1. The van der Waals surface area contributed by atoms with Gasteiger partial charge in [0.25, 0.3) is 0 Å². The minimum atomic E-state index is -1.27. The van der Waals surface area contributed by atoms with Crippen molar-refractivity contribution in [2.24, 2.45) is 0 Å². The number of rotatable bonds is 7. The van der Waals surface area contributed by atoms with E-state index in [-0.39, 0.29) is 18.1 Å². The quantitative estimate of drug-likeness (QED) is 0.519. The summed E-state index contributed by atoms with van der Waals surface area (Å²) in [5.74, 6) is -2.81. The number of nitrogens with zero attached hydrogens (tertiary/aromatic N) is 2. The Labute approximate surface area is 166 Å². The minimum absolute atomic E-state index is 0.229. The van der Waals surface area contributed by atoms with E-state index < -0.39 is 27.8 Å². The van der Waals surface area contributed by atoms with Crippen molar-refractivity contribution in [3.05, 3.63) is 57.6 Å². The Hall–Kier alpha value is -3.16. The van der Waals surface area contributed by atoms with E-state index in [1.54, 1.807) is 37.3 Å². The summed E-state index contributed by atoms with van der Waals surface area (Å²) in [4.78, 5) is 11.5. The number of carbonyl (C=O) groups is 1. The van der Waals surface area contributed by atoms with Gasteiger partial charge in [-0.15, -0.1) is 0 Å². The van der Waals surface area contributed by atoms with Crippen LogP contribution < -0.4 is 5.32 Å². The first kappa shape index (κ1) is 21.1. The number of carbonyl (C=O) groups excluding carboxylic acids is 1. The molecule has 0 saturated carbocycles. The normalized spacial score (nSPS) is 10.1. The average Bonchev–Trinajstić information content (AvgIpc) is 2.68. The monoisotopic (exact) mass is 403 g/mol. The fourth-order valence-electron chi connectivity index (χ4n) is 2.63. The summed E-state index contributed by atoms with van der Waals surface area (Å²) >= 11 is 5.95. The summed E-state index contributed by atoms with van der Waals surface area (Å²) in [5.41, 5.74) is -0.472. The number of halogens is 3. The Morgan fingerprint density at radius 3 is 2.50 bits per heavy atom. The van der Waals surface area contributed by atoms with Crippen LogP contribution in [0.1, 0.15) is 36.5 Å². The van der Waals surface area contributed by atoms with Crippen molar-refractivity contribution >= 4 is 28.9 Å². The second-order valence-corrected chi connectivity index (χ2v) is 6.11. The molecule has 5 nitrogen and oxygen atoms in total. The molecular formula is C20H16ClF2N3O2. The Bertz CT molecular complexity index is 981. The summed E-state index contributed by atoms with van der Waals surface area (Å²) in [6, 6.07) is 9.91. The lowest BCUT2D eigenvalue weighted by Gasteiger charge is -2.16. The van der Waals surface area contributed by atoms with E-state index in [1.807, 2.05) is 0 Å². The zero-order valence-corrected chi connectivity index (χ0v) is 15.7. The van der Waals surface area contributed by atoms with Crippen molar-refractivity contribution in [3.63, 3.8) is 0 Å². The van der Waals surface area contributed by atoms with Gasteiger partial charge < -0.3 is 10.1 Å². The van der Waals surface area contributed by atoms with Gasteiger partial charge in [-0.05, 0) is 31.4 Å². The molecule has 28 heavy (non-hydrogen) atoms. The summed E-state index contributed by atoms with van der Waals surface area (Å²) in [6.07, 6.45) is 1.22. The van der Waals surface area contributed by atoms with E-state index in [0.717, 1.165) is 5.56 Å². The number of hydrogen-bond acceptors (Lipinski definition) is 5. The highest BCUT2D eigenvalue weighted by Gasteiger charge is 2.24. The van der Waals surface area contributed by atoms with Crippen molar-refractivity contribution in [1.29, 1.82) is 10.5 Å². The van der Waals surface area contributed by atoms with Crippen LogP contribution in [0, 0.1) is 34.3 Å². The molecule has 2 aromatic carbocycles. The standard InChI is InChI=1S/C20H16ClF2N3O2/c1-2-28-16(27)9-5-7-12-6-3-4-8-15(12)26-20-14(11-25)18(22)13(10-24)19(23)17(20)21/h3-4,6,8,26H,2,5,7,9H2,1H3. The van der Waals surface area contributed by atoms with Crippen molar-refractivity contribution in [3.8, 4) is 12.1 Å².